The van der Waals surface area contributed by atoms with Crippen molar-refractivity contribution >= 4 is 0 Å². The molecule has 0 aromatic heterocycles. The lowest BCUT2D eigenvalue weighted by atomic mass is 9.50. The number of fused-ring (bicyclic) bond motifs is 5. The van der Waals surface area contributed by atoms with Gasteiger partial charge < -0.3 is 5.11 Å². The van der Waals surface area contributed by atoms with Crippen LogP contribution in [0.2, 0.25) is 0 Å². The van der Waals surface area contributed by atoms with Crippen molar-refractivity contribution in [2.45, 2.75) is 64.9 Å². The van der Waals surface area contributed by atoms with Crippen LogP contribution in [0.25, 0.3) is 0 Å². The zero-order valence-corrected chi connectivity index (χ0v) is 12.9. The molecule has 0 spiro atoms. The molecule has 2 fully saturated rings. The molecule has 0 radical (unpaired) electrons. The van der Waals surface area contributed by atoms with Gasteiger partial charge in [0.25, 0.3) is 0 Å². The summed E-state index contributed by atoms with van der Waals surface area (Å²) in [7, 11) is 0. The zero-order valence-electron chi connectivity index (χ0n) is 12.9. The van der Waals surface area contributed by atoms with Crippen molar-refractivity contribution in [3.63, 3.8) is 0 Å². The maximum Gasteiger partial charge on any atom is 0.0599 e. The summed E-state index contributed by atoms with van der Waals surface area (Å²) in [6.07, 6.45) is 16.1. The first-order valence-electron chi connectivity index (χ1n) is 8.61. The average molecular weight is 272 g/mol. The summed E-state index contributed by atoms with van der Waals surface area (Å²) in [6, 6.07) is 0. The van der Waals surface area contributed by atoms with Crippen molar-refractivity contribution < 1.29 is 5.11 Å². The Kier molecular flexibility index (Phi) is 2.77. The monoisotopic (exact) mass is 272 g/mol. The standard InChI is InChI=1S/C19H28O/c1-18-11-4-3-5-13(18)6-7-14-15-8-9-17(20)19(15,2)12-10-16(14)18/h3,5,10,13-15,17,20H,4,6-9,11-12H2,1-2H3/t13?,14-,15-,17-,18-,19-/m0/s1. The first-order chi connectivity index (χ1) is 9.56. The Balaban J connectivity index is 1.74. The summed E-state index contributed by atoms with van der Waals surface area (Å²) >= 11 is 0. The number of hydrogen-bond acceptors (Lipinski definition) is 1. The number of aliphatic hydroxyl groups excluding tert-OH is 1. The number of rotatable bonds is 0. The molecular formula is C19H28O. The molecule has 6 atom stereocenters. The number of hydrogen-bond donors (Lipinski definition) is 1. The van der Waals surface area contributed by atoms with E-state index in [9.17, 15) is 5.11 Å². The van der Waals surface area contributed by atoms with E-state index in [0.29, 0.717) is 5.41 Å². The predicted octanol–water partition coefficient (Wildman–Crippen LogP) is 4.48. The fraction of sp³-hybridized carbons (Fsp3) is 0.789. The normalized spacial score (nSPS) is 53.9. The first kappa shape index (κ1) is 13.1. The van der Waals surface area contributed by atoms with Crippen LogP contribution in [0.3, 0.4) is 0 Å². The van der Waals surface area contributed by atoms with Crippen LogP contribution in [0.5, 0.6) is 0 Å². The molecule has 4 rings (SSSR count). The van der Waals surface area contributed by atoms with Crippen molar-refractivity contribution in [1.82, 2.24) is 0 Å². The van der Waals surface area contributed by atoms with Crippen LogP contribution < -0.4 is 0 Å². The second-order valence-electron chi connectivity index (χ2n) is 8.24. The Labute approximate surface area is 123 Å². The number of allylic oxidation sites excluding steroid dienone is 4. The Morgan fingerprint density at radius 2 is 2.00 bits per heavy atom. The van der Waals surface area contributed by atoms with E-state index < -0.39 is 0 Å². The molecule has 0 amide bonds. The summed E-state index contributed by atoms with van der Waals surface area (Å²) in [6.45, 7) is 4.87. The van der Waals surface area contributed by atoms with Crippen LogP contribution in [0, 0.1) is 28.6 Å². The third-order valence-corrected chi connectivity index (χ3v) is 7.47. The molecule has 1 unspecified atom stereocenters. The van der Waals surface area contributed by atoms with Gasteiger partial charge >= 0.3 is 0 Å². The topological polar surface area (TPSA) is 20.2 Å². The average Bonchev–Trinajstić information content (AvgIpc) is 2.74. The lowest BCUT2D eigenvalue weighted by Crippen LogP contribution is -2.46. The summed E-state index contributed by atoms with van der Waals surface area (Å²) in [5.74, 6) is 2.27. The highest BCUT2D eigenvalue weighted by molar-refractivity contribution is 5.31. The second kappa shape index (κ2) is 4.22. The maximum atomic E-state index is 10.4. The highest BCUT2D eigenvalue weighted by Crippen LogP contribution is 2.63. The van der Waals surface area contributed by atoms with Gasteiger partial charge in [0, 0.05) is 5.41 Å². The second-order valence-corrected chi connectivity index (χ2v) is 8.24. The highest BCUT2D eigenvalue weighted by atomic mass is 16.3. The van der Waals surface area contributed by atoms with Crippen LogP contribution in [-0.2, 0) is 0 Å². The quantitative estimate of drug-likeness (QED) is 0.645. The van der Waals surface area contributed by atoms with Crippen molar-refractivity contribution in [2.75, 3.05) is 0 Å². The van der Waals surface area contributed by atoms with E-state index in [1.165, 1.54) is 32.1 Å². The lowest BCUT2D eigenvalue weighted by molar-refractivity contribution is 0.00326. The molecule has 2 saturated carbocycles. The Morgan fingerprint density at radius 3 is 2.85 bits per heavy atom. The van der Waals surface area contributed by atoms with Gasteiger partial charge in [-0.1, -0.05) is 37.6 Å². The largest absolute Gasteiger partial charge is 0.393 e. The molecule has 0 aromatic rings. The van der Waals surface area contributed by atoms with E-state index in [2.05, 4.69) is 32.1 Å². The van der Waals surface area contributed by atoms with Crippen LogP contribution in [-0.4, -0.2) is 11.2 Å². The van der Waals surface area contributed by atoms with Crippen molar-refractivity contribution in [3.8, 4) is 0 Å². The van der Waals surface area contributed by atoms with Gasteiger partial charge in [-0.15, -0.1) is 0 Å². The molecule has 0 saturated heterocycles. The Bertz CT molecular complexity index is 476. The van der Waals surface area contributed by atoms with Crippen molar-refractivity contribution in [3.05, 3.63) is 23.8 Å². The molecule has 0 bridgehead atoms. The fourth-order valence-electron chi connectivity index (χ4n) is 6.08. The van der Waals surface area contributed by atoms with E-state index in [1.807, 2.05) is 0 Å². The molecule has 0 aliphatic heterocycles. The van der Waals surface area contributed by atoms with Crippen LogP contribution in [0.1, 0.15) is 58.8 Å². The van der Waals surface area contributed by atoms with Crippen LogP contribution in [0.15, 0.2) is 23.8 Å². The van der Waals surface area contributed by atoms with Gasteiger partial charge in [-0.05, 0) is 68.1 Å². The molecule has 110 valence electrons. The minimum atomic E-state index is -0.0675. The molecule has 4 aliphatic carbocycles. The van der Waals surface area contributed by atoms with Crippen LogP contribution in [0.4, 0.5) is 0 Å². The van der Waals surface area contributed by atoms with Gasteiger partial charge in [0.15, 0.2) is 0 Å². The zero-order chi connectivity index (χ0) is 14.0. The van der Waals surface area contributed by atoms with E-state index in [1.54, 1.807) is 5.57 Å². The van der Waals surface area contributed by atoms with Crippen molar-refractivity contribution in [2.24, 2.45) is 28.6 Å². The van der Waals surface area contributed by atoms with E-state index in [4.69, 9.17) is 0 Å². The Morgan fingerprint density at radius 1 is 1.15 bits per heavy atom. The first-order valence-corrected chi connectivity index (χ1v) is 8.61. The molecule has 4 aliphatic rings. The van der Waals surface area contributed by atoms with Gasteiger partial charge in [-0.3, -0.25) is 0 Å². The van der Waals surface area contributed by atoms with Gasteiger partial charge in [0.2, 0.25) is 0 Å². The minimum absolute atomic E-state index is 0.0675. The highest BCUT2D eigenvalue weighted by Gasteiger charge is 2.55. The minimum Gasteiger partial charge on any atom is -0.393 e. The maximum absolute atomic E-state index is 10.4. The molecule has 1 N–H and O–H groups in total. The SMILES string of the molecule is C[C@]12CC=C3[C@@H](CCC4C=CCC[C@]34C)[C@@H]1CC[C@@H]2O. The van der Waals surface area contributed by atoms with Crippen molar-refractivity contribution in [1.29, 1.82) is 0 Å². The van der Waals surface area contributed by atoms with Gasteiger partial charge in [-0.25, -0.2) is 0 Å². The predicted molar refractivity (Wildman–Crippen MR) is 82.2 cm³/mol. The van der Waals surface area contributed by atoms with E-state index >= 15 is 0 Å². The Hall–Kier alpha value is -0.560. The molecule has 0 aromatic carbocycles. The summed E-state index contributed by atoms with van der Waals surface area (Å²) < 4.78 is 0. The van der Waals surface area contributed by atoms with E-state index in [0.717, 1.165) is 30.6 Å². The lowest BCUT2D eigenvalue weighted by Gasteiger charge is -2.54. The summed E-state index contributed by atoms with van der Waals surface area (Å²) in [5, 5.41) is 10.4. The molecule has 0 heterocycles. The molecule has 20 heavy (non-hydrogen) atoms. The third kappa shape index (κ3) is 1.53. The summed E-state index contributed by atoms with van der Waals surface area (Å²) in [4.78, 5) is 0. The van der Waals surface area contributed by atoms with Gasteiger partial charge in [0.05, 0.1) is 6.10 Å². The molecular weight excluding hydrogens is 244 g/mol. The van der Waals surface area contributed by atoms with Crippen LogP contribution >= 0.6 is 0 Å². The summed E-state index contributed by atoms with van der Waals surface area (Å²) in [5.41, 5.74) is 2.36. The fourth-order valence-corrected chi connectivity index (χ4v) is 6.08. The molecule has 1 nitrogen and oxygen atoms in total. The van der Waals surface area contributed by atoms with Gasteiger partial charge in [-0.2, -0.15) is 0 Å². The smallest absolute Gasteiger partial charge is 0.0599 e. The van der Waals surface area contributed by atoms with Gasteiger partial charge in [0.1, 0.15) is 0 Å². The molecule has 1 heteroatoms. The number of aliphatic hydroxyl groups is 1. The van der Waals surface area contributed by atoms with E-state index in [-0.39, 0.29) is 11.5 Å². The third-order valence-electron chi connectivity index (χ3n) is 7.47.